The molecular weight excluding hydrogens is 326 g/mol. The summed E-state index contributed by atoms with van der Waals surface area (Å²) in [7, 11) is 0. The number of halogens is 2. The molecule has 0 saturated heterocycles. The van der Waals surface area contributed by atoms with Crippen molar-refractivity contribution in [2.24, 2.45) is 0 Å². The Bertz CT molecular complexity index is 451. The summed E-state index contributed by atoms with van der Waals surface area (Å²) < 4.78 is 6.67. The van der Waals surface area contributed by atoms with Gasteiger partial charge < -0.3 is 10.1 Å². The average Bonchev–Trinajstić information content (AvgIpc) is 2.43. The van der Waals surface area contributed by atoms with Crippen LogP contribution in [0.15, 0.2) is 53.0 Å². The number of nitrogens with one attached hydrogen (secondary N) is 1. The molecule has 19 heavy (non-hydrogen) atoms. The summed E-state index contributed by atoms with van der Waals surface area (Å²) in [4.78, 5) is 0. The molecule has 0 spiro atoms. The fourth-order valence-corrected chi connectivity index (χ4v) is 2.00. The lowest BCUT2D eigenvalue weighted by atomic mass is 10.2. The molecule has 2 aromatic carbocycles. The van der Waals surface area contributed by atoms with Crippen LogP contribution in [0.5, 0.6) is 0 Å². The molecule has 100 valence electrons. The van der Waals surface area contributed by atoms with Crippen molar-refractivity contribution in [3.63, 3.8) is 0 Å². The fraction of sp³-hybridized carbons (Fsp3) is 0.200. The smallest absolute Gasteiger partial charge is 0.0717 e. The molecule has 0 aliphatic carbocycles. The molecule has 0 unspecified atom stereocenters. The highest BCUT2D eigenvalue weighted by molar-refractivity contribution is 9.10. The van der Waals surface area contributed by atoms with Gasteiger partial charge in [-0.3, -0.25) is 0 Å². The molecule has 0 amide bonds. The lowest BCUT2D eigenvalue weighted by Crippen LogP contribution is -2.09. The Balaban J connectivity index is 1.64. The van der Waals surface area contributed by atoms with E-state index in [0.29, 0.717) is 13.2 Å². The molecule has 0 aliphatic heterocycles. The van der Waals surface area contributed by atoms with E-state index in [4.69, 9.17) is 16.3 Å². The Morgan fingerprint density at radius 1 is 1.00 bits per heavy atom. The molecule has 0 fully saturated rings. The molecule has 0 heterocycles. The normalized spacial score (nSPS) is 10.4. The van der Waals surface area contributed by atoms with E-state index < -0.39 is 0 Å². The van der Waals surface area contributed by atoms with Crippen molar-refractivity contribution in [1.29, 1.82) is 0 Å². The van der Waals surface area contributed by atoms with E-state index in [1.165, 1.54) is 0 Å². The van der Waals surface area contributed by atoms with Gasteiger partial charge >= 0.3 is 0 Å². The maximum Gasteiger partial charge on any atom is 0.0717 e. The van der Waals surface area contributed by atoms with Crippen LogP contribution in [0.25, 0.3) is 0 Å². The van der Waals surface area contributed by atoms with Gasteiger partial charge in [0.05, 0.1) is 13.2 Å². The number of benzene rings is 2. The summed E-state index contributed by atoms with van der Waals surface area (Å²) in [6.07, 6.45) is 0. The van der Waals surface area contributed by atoms with Crippen LogP contribution in [0.2, 0.25) is 5.02 Å². The van der Waals surface area contributed by atoms with Gasteiger partial charge in [0.15, 0.2) is 0 Å². The van der Waals surface area contributed by atoms with E-state index >= 15 is 0 Å². The van der Waals surface area contributed by atoms with Crippen LogP contribution in [0.1, 0.15) is 5.56 Å². The first kappa shape index (κ1) is 14.4. The maximum atomic E-state index is 5.82. The summed E-state index contributed by atoms with van der Waals surface area (Å²) in [5.74, 6) is 0. The summed E-state index contributed by atoms with van der Waals surface area (Å²) in [5.41, 5.74) is 2.23. The quantitative estimate of drug-likeness (QED) is 0.768. The highest BCUT2D eigenvalue weighted by Gasteiger charge is 1.95. The molecule has 0 saturated carbocycles. The van der Waals surface area contributed by atoms with E-state index in [2.05, 4.69) is 21.2 Å². The topological polar surface area (TPSA) is 21.3 Å². The average molecular weight is 341 g/mol. The van der Waals surface area contributed by atoms with Crippen molar-refractivity contribution in [1.82, 2.24) is 0 Å². The largest absolute Gasteiger partial charge is 0.383 e. The van der Waals surface area contributed by atoms with Crippen LogP contribution in [0.3, 0.4) is 0 Å². The first-order valence-corrected chi connectivity index (χ1v) is 7.23. The molecular formula is C15H15BrClNO. The van der Waals surface area contributed by atoms with Gasteiger partial charge in [-0.05, 0) is 42.0 Å². The minimum absolute atomic E-state index is 0.610. The van der Waals surface area contributed by atoms with Crippen LogP contribution in [0, 0.1) is 0 Å². The lowest BCUT2D eigenvalue weighted by Gasteiger charge is -2.07. The highest BCUT2D eigenvalue weighted by Crippen LogP contribution is 2.14. The van der Waals surface area contributed by atoms with Crippen molar-refractivity contribution in [2.45, 2.75) is 6.61 Å². The molecule has 0 bridgehead atoms. The first-order chi connectivity index (χ1) is 9.24. The first-order valence-electron chi connectivity index (χ1n) is 6.06. The van der Waals surface area contributed by atoms with Crippen molar-refractivity contribution in [3.8, 4) is 0 Å². The summed E-state index contributed by atoms with van der Waals surface area (Å²) in [5, 5.41) is 4.05. The molecule has 1 N–H and O–H groups in total. The van der Waals surface area contributed by atoms with Crippen LogP contribution in [-0.2, 0) is 11.3 Å². The van der Waals surface area contributed by atoms with Gasteiger partial charge in [-0.2, -0.15) is 0 Å². The van der Waals surface area contributed by atoms with E-state index in [0.717, 1.165) is 27.3 Å². The number of rotatable bonds is 6. The van der Waals surface area contributed by atoms with E-state index in [1.807, 2.05) is 48.5 Å². The zero-order valence-electron chi connectivity index (χ0n) is 10.4. The van der Waals surface area contributed by atoms with Crippen LogP contribution in [0.4, 0.5) is 5.69 Å². The zero-order valence-corrected chi connectivity index (χ0v) is 12.7. The molecule has 2 aromatic rings. The Labute approximate surface area is 126 Å². The Kier molecular flexibility index (Phi) is 5.70. The summed E-state index contributed by atoms with van der Waals surface area (Å²) >= 11 is 9.23. The van der Waals surface area contributed by atoms with Gasteiger partial charge in [0.2, 0.25) is 0 Å². The van der Waals surface area contributed by atoms with Crippen LogP contribution < -0.4 is 5.32 Å². The van der Waals surface area contributed by atoms with Gasteiger partial charge in [-0.25, -0.2) is 0 Å². The van der Waals surface area contributed by atoms with Crippen molar-refractivity contribution < 1.29 is 4.74 Å². The predicted molar refractivity (Wildman–Crippen MR) is 83.7 cm³/mol. The molecule has 2 nitrogen and oxygen atoms in total. The second kappa shape index (κ2) is 7.53. The van der Waals surface area contributed by atoms with Gasteiger partial charge in [0, 0.05) is 21.7 Å². The van der Waals surface area contributed by atoms with Crippen molar-refractivity contribution in [2.75, 3.05) is 18.5 Å². The Morgan fingerprint density at radius 3 is 2.37 bits per heavy atom. The number of hydrogen-bond acceptors (Lipinski definition) is 2. The fourth-order valence-electron chi connectivity index (χ4n) is 1.61. The highest BCUT2D eigenvalue weighted by atomic mass is 79.9. The molecule has 0 radical (unpaired) electrons. The van der Waals surface area contributed by atoms with E-state index in [9.17, 15) is 0 Å². The second-order valence-electron chi connectivity index (χ2n) is 4.11. The Morgan fingerprint density at radius 2 is 1.68 bits per heavy atom. The summed E-state index contributed by atoms with van der Waals surface area (Å²) in [6, 6.07) is 15.8. The second-order valence-corrected chi connectivity index (χ2v) is 5.46. The zero-order chi connectivity index (χ0) is 13.5. The maximum absolute atomic E-state index is 5.82. The molecule has 2 rings (SSSR count). The number of hydrogen-bond donors (Lipinski definition) is 1. The minimum atomic E-state index is 0.610. The van der Waals surface area contributed by atoms with E-state index in [1.54, 1.807) is 0 Å². The van der Waals surface area contributed by atoms with Crippen LogP contribution >= 0.6 is 27.5 Å². The van der Waals surface area contributed by atoms with Gasteiger partial charge in [0.1, 0.15) is 0 Å². The lowest BCUT2D eigenvalue weighted by molar-refractivity contribution is 0.130. The standard InChI is InChI=1S/C15H15BrClNO/c16-13-3-7-15(8-4-13)18-9-10-19-11-12-1-5-14(17)6-2-12/h1-8,18H,9-11H2. The molecule has 0 atom stereocenters. The van der Waals surface area contributed by atoms with Crippen molar-refractivity contribution in [3.05, 3.63) is 63.6 Å². The number of anilines is 1. The molecule has 0 aromatic heterocycles. The van der Waals surface area contributed by atoms with Crippen molar-refractivity contribution >= 4 is 33.2 Å². The third-order valence-corrected chi connectivity index (χ3v) is 3.38. The third kappa shape index (κ3) is 5.23. The third-order valence-electron chi connectivity index (χ3n) is 2.60. The predicted octanol–water partition coefficient (Wildman–Crippen LogP) is 4.73. The molecule has 4 heteroatoms. The number of ether oxygens (including phenoxy) is 1. The van der Waals surface area contributed by atoms with Crippen LogP contribution in [-0.4, -0.2) is 13.2 Å². The molecule has 0 aliphatic rings. The monoisotopic (exact) mass is 339 g/mol. The van der Waals surface area contributed by atoms with Gasteiger partial charge in [-0.1, -0.05) is 39.7 Å². The minimum Gasteiger partial charge on any atom is -0.383 e. The van der Waals surface area contributed by atoms with Gasteiger partial charge in [-0.15, -0.1) is 0 Å². The van der Waals surface area contributed by atoms with Gasteiger partial charge in [0.25, 0.3) is 0 Å². The summed E-state index contributed by atoms with van der Waals surface area (Å²) in [6.45, 7) is 2.06. The SMILES string of the molecule is Clc1ccc(COCCNc2ccc(Br)cc2)cc1. The van der Waals surface area contributed by atoms with E-state index in [-0.39, 0.29) is 0 Å². The Hall–Kier alpha value is -1.03.